The predicted molar refractivity (Wildman–Crippen MR) is 105 cm³/mol. The van der Waals surface area contributed by atoms with Crippen molar-refractivity contribution >= 4 is 35.6 Å². The van der Waals surface area contributed by atoms with Gasteiger partial charge in [0.1, 0.15) is 17.7 Å². The van der Waals surface area contributed by atoms with Crippen molar-refractivity contribution in [1.82, 2.24) is 4.90 Å². The number of rotatable bonds is 3. The highest BCUT2D eigenvalue weighted by atomic mass is 35.5. The van der Waals surface area contributed by atoms with Gasteiger partial charge in [0.15, 0.2) is 0 Å². The Balaban J connectivity index is 0.00000261. The standard InChI is InChI=1S/C19H20ClFN2O3.ClH/c1-11-9-23(10-18(26-11)12-3-5-13(21)6-4-12)19(24)14-7-15(20)16(22)8-17(14)25-2;/h3-8,11,18H,9-10,22H2,1-2H3;1H. The maximum absolute atomic E-state index is 13.2. The lowest BCUT2D eigenvalue weighted by Crippen LogP contribution is -2.46. The summed E-state index contributed by atoms with van der Waals surface area (Å²) < 4.78 is 24.4. The van der Waals surface area contributed by atoms with Crippen molar-refractivity contribution < 1.29 is 18.7 Å². The number of anilines is 1. The molecule has 0 radical (unpaired) electrons. The van der Waals surface area contributed by atoms with E-state index in [0.29, 0.717) is 35.1 Å². The van der Waals surface area contributed by atoms with Crippen LogP contribution in [0.4, 0.5) is 10.1 Å². The summed E-state index contributed by atoms with van der Waals surface area (Å²) in [5.74, 6) is -0.160. The van der Waals surface area contributed by atoms with Gasteiger partial charge in [-0.25, -0.2) is 4.39 Å². The minimum absolute atomic E-state index is 0. The molecule has 0 spiro atoms. The number of hydrogen-bond acceptors (Lipinski definition) is 4. The number of nitrogen functional groups attached to an aromatic ring is 1. The molecule has 8 heteroatoms. The summed E-state index contributed by atoms with van der Waals surface area (Å²) in [6.45, 7) is 2.67. The van der Waals surface area contributed by atoms with E-state index in [1.165, 1.54) is 31.4 Å². The smallest absolute Gasteiger partial charge is 0.257 e. The minimum atomic E-state index is -0.335. The molecule has 1 saturated heterocycles. The molecule has 0 aromatic heterocycles. The minimum Gasteiger partial charge on any atom is -0.496 e. The number of nitrogens with zero attached hydrogens (tertiary/aromatic N) is 1. The molecule has 2 aromatic carbocycles. The first-order chi connectivity index (χ1) is 12.4. The molecule has 0 aliphatic carbocycles. The van der Waals surface area contributed by atoms with Gasteiger partial charge in [-0.15, -0.1) is 12.4 Å². The summed E-state index contributed by atoms with van der Waals surface area (Å²) in [6, 6.07) is 9.16. The molecule has 1 amide bonds. The SMILES string of the molecule is COc1cc(N)c(Cl)cc1C(=O)N1CC(C)OC(c2ccc(F)cc2)C1.Cl. The summed E-state index contributed by atoms with van der Waals surface area (Å²) in [7, 11) is 1.47. The molecule has 2 N–H and O–H groups in total. The third-order valence-electron chi connectivity index (χ3n) is 4.34. The molecule has 1 heterocycles. The Labute approximate surface area is 168 Å². The van der Waals surface area contributed by atoms with Gasteiger partial charge in [-0.05, 0) is 30.7 Å². The molecule has 27 heavy (non-hydrogen) atoms. The molecule has 2 aromatic rings. The monoisotopic (exact) mass is 414 g/mol. The van der Waals surface area contributed by atoms with E-state index >= 15 is 0 Å². The molecule has 1 aliphatic heterocycles. The lowest BCUT2D eigenvalue weighted by atomic mass is 10.0. The highest BCUT2D eigenvalue weighted by Crippen LogP contribution is 2.32. The lowest BCUT2D eigenvalue weighted by Gasteiger charge is -2.37. The molecule has 3 rings (SSSR count). The van der Waals surface area contributed by atoms with Crippen molar-refractivity contribution in [3.05, 3.63) is 58.4 Å². The molecule has 0 saturated carbocycles. The van der Waals surface area contributed by atoms with Gasteiger partial charge in [-0.2, -0.15) is 0 Å². The van der Waals surface area contributed by atoms with Gasteiger partial charge in [0.2, 0.25) is 0 Å². The van der Waals surface area contributed by atoms with Crippen LogP contribution < -0.4 is 10.5 Å². The highest BCUT2D eigenvalue weighted by molar-refractivity contribution is 6.33. The number of benzene rings is 2. The van der Waals surface area contributed by atoms with E-state index < -0.39 is 0 Å². The van der Waals surface area contributed by atoms with Crippen molar-refractivity contribution in [2.45, 2.75) is 19.1 Å². The maximum Gasteiger partial charge on any atom is 0.257 e. The first-order valence-electron chi connectivity index (χ1n) is 8.22. The van der Waals surface area contributed by atoms with Gasteiger partial charge in [-0.3, -0.25) is 4.79 Å². The number of methoxy groups -OCH3 is 1. The Bertz CT molecular complexity index is 817. The van der Waals surface area contributed by atoms with E-state index in [9.17, 15) is 9.18 Å². The zero-order valence-corrected chi connectivity index (χ0v) is 16.5. The number of carbonyl (C=O) groups excluding carboxylic acids is 1. The van der Waals surface area contributed by atoms with Crippen LogP contribution in [0.5, 0.6) is 5.75 Å². The number of halogens is 3. The van der Waals surface area contributed by atoms with Crippen molar-refractivity contribution in [3.8, 4) is 5.75 Å². The fourth-order valence-electron chi connectivity index (χ4n) is 3.05. The van der Waals surface area contributed by atoms with Crippen LogP contribution in [0.1, 0.15) is 28.9 Å². The van der Waals surface area contributed by atoms with E-state index in [-0.39, 0.29) is 36.3 Å². The van der Waals surface area contributed by atoms with Crippen molar-refractivity contribution in [2.24, 2.45) is 0 Å². The summed E-state index contributed by atoms with van der Waals surface area (Å²) in [4.78, 5) is 14.7. The second kappa shape index (κ2) is 8.78. The van der Waals surface area contributed by atoms with Gasteiger partial charge in [-0.1, -0.05) is 23.7 Å². The normalized spacial score (nSPS) is 19.3. The first-order valence-corrected chi connectivity index (χ1v) is 8.60. The molecule has 1 aliphatic rings. The molecule has 146 valence electrons. The van der Waals surface area contributed by atoms with Crippen molar-refractivity contribution in [1.29, 1.82) is 0 Å². The Morgan fingerprint density at radius 1 is 1.30 bits per heavy atom. The largest absolute Gasteiger partial charge is 0.496 e. The van der Waals surface area contributed by atoms with Crippen LogP contribution in [0, 0.1) is 5.82 Å². The van der Waals surface area contributed by atoms with Crippen LogP contribution in [0.25, 0.3) is 0 Å². The number of morpholine rings is 1. The number of amides is 1. The zero-order valence-electron chi connectivity index (χ0n) is 14.9. The average molecular weight is 415 g/mol. The molecule has 2 atom stereocenters. The number of hydrogen-bond donors (Lipinski definition) is 1. The third kappa shape index (κ3) is 4.64. The highest BCUT2D eigenvalue weighted by Gasteiger charge is 2.31. The van der Waals surface area contributed by atoms with Crippen LogP contribution in [0.2, 0.25) is 5.02 Å². The molecule has 0 bridgehead atoms. The molecular weight excluding hydrogens is 394 g/mol. The Hall–Kier alpha value is -2.02. The molecule has 2 unspecified atom stereocenters. The predicted octanol–water partition coefficient (Wildman–Crippen LogP) is 4.09. The van der Waals surface area contributed by atoms with E-state index in [1.54, 1.807) is 17.0 Å². The van der Waals surface area contributed by atoms with Gasteiger partial charge in [0, 0.05) is 12.6 Å². The third-order valence-corrected chi connectivity index (χ3v) is 4.67. The molecule has 1 fully saturated rings. The van der Waals surface area contributed by atoms with Crippen LogP contribution in [0.15, 0.2) is 36.4 Å². The Kier molecular flexibility index (Phi) is 6.92. The lowest BCUT2D eigenvalue weighted by molar-refractivity contribution is -0.0692. The zero-order chi connectivity index (χ0) is 18.8. The number of ether oxygens (including phenoxy) is 2. The first kappa shape index (κ1) is 21.3. The van der Waals surface area contributed by atoms with E-state index in [1.807, 2.05) is 6.92 Å². The fourth-order valence-corrected chi connectivity index (χ4v) is 3.22. The second-order valence-corrected chi connectivity index (χ2v) is 6.68. The summed E-state index contributed by atoms with van der Waals surface area (Å²) >= 11 is 6.08. The van der Waals surface area contributed by atoms with Gasteiger partial charge >= 0.3 is 0 Å². The van der Waals surface area contributed by atoms with Crippen LogP contribution in [-0.2, 0) is 4.74 Å². The van der Waals surface area contributed by atoms with Crippen molar-refractivity contribution in [2.75, 3.05) is 25.9 Å². The van der Waals surface area contributed by atoms with Crippen LogP contribution >= 0.6 is 24.0 Å². The average Bonchev–Trinajstić information content (AvgIpc) is 2.63. The maximum atomic E-state index is 13.2. The topological polar surface area (TPSA) is 64.8 Å². The Morgan fingerprint density at radius 3 is 2.59 bits per heavy atom. The van der Waals surface area contributed by atoms with Gasteiger partial charge in [0.05, 0.1) is 36.0 Å². The molecule has 5 nitrogen and oxygen atoms in total. The fraction of sp³-hybridized carbons (Fsp3) is 0.316. The summed E-state index contributed by atoms with van der Waals surface area (Å²) in [5.41, 5.74) is 7.30. The van der Waals surface area contributed by atoms with E-state index in [4.69, 9.17) is 26.8 Å². The van der Waals surface area contributed by atoms with Crippen LogP contribution in [0.3, 0.4) is 0 Å². The second-order valence-electron chi connectivity index (χ2n) is 6.27. The van der Waals surface area contributed by atoms with E-state index in [0.717, 1.165) is 5.56 Å². The van der Waals surface area contributed by atoms with Crippen molar-refractivity contribution in [3.63, 3.8) is 0 Å². The quantitative estimate of drug-likeness (QED) is 0.767. The van der Waals surface area contributed by atoms with Gasteiger partial charge in [0.25, 0.3) is 5.91 Å². The number of nitrogens with two attached hydrogens (primary N) is 1. The van der Waals surface area contributed by atoms with Crippen LogP contribution in [-0.4, -0.2) is 37.1 Å². The number of carbonyl (C=O) groups is 1. The molecular formula is C19H21Cl2FN2O3. The Morgan fingerprint density at radius 2 is 1.96 bits per heavy atom. The van der Waals surface area contributed by atoms with Gasteiger partial charge < -0.3 is 20.1 Å². The summed E-state index contributed by atoms with van der Waals surface area (Å²) in [5, 5.41) is 0.297. The summed E-state index contributed by atoms with van der Waals surface area (Å²) in [6.07, 6.45) is -0.503. The van der Waals surface area contributed by atoms with E-state index in [2.05, 4.69) is 0 Å².